The average molecular weight is 284 g/mol. The molecule has 3 aromatic carbocycles. The van der Waals surface area contributed by atoms with Crippen molar-refractivity contribution < 1.29 is 18.3 Å². The predicted octanol–water partition coefficient (Wildman–Crippen LogP) is 4.72. The first kappa shape index (κ1) is 13.2. The van der Waals surface area contributed by atoms with Gasteiger partial charge in [-0.25, -0.2) is 8.78 Å². The van der Waals surface area contributed by atoms with E-state index < -0.39 is 17.4 Å². The number of hydrogen-bond acceptors (Lipinski definition) is 2. The molecule has 0 aromatic heterocycles. The minimum atomic E-state index is -0.912. The topological polar surface area (TPSA) is 26.3 Å². The summed E-state index contributed by atoms with van der Waals surface area (Å²) in [6.45, 7) is 0. The maximum atomic E-state index is 13.9. The van der Waals surface area contributed by atoms with Crippen LogP contribution in [0.5, 0.6) is 11.5 Å². The van der Waals surface area contributed by atoms with E-state index in [4.69, 9.17) is 4.74 Å². The lowest BCUT2D eigenvalue weighted by Crippen LogP contribution is -1.95. The zero-order valence-electron chi connectivity index (χ0n) is 10.8. The molecule has 0 spiro atoms. The lowest BCUT2D eigenvalue weighted by molar-refractivity contribution is 0.112. The Morgan fingerprint density at radius 1 is 0.905 bits per heavy atom. The number of carbonyl (C=O) groups is 1. The summed E-state index contributed by atoms with van der Waals surface area (Å²) in [4.78, 5) is 10.6. The number of fused-ring (bicyclic) bond motifs is 1. The zero-order chi connectivity index (χ0) is 14.8. The quantitative estimate of drug-likeness (QED) is 0.650. The highest BCUT2D eigenvalue weighted by molar-refractivity contribution is 5.88. The van der Waals surface area contributed by atoms with Crippen LogP contribution in [-0.2, 0) is 0 Å². The molecule has 4 heteroatoms. The largest absolute Gasteiger partial charge is 0.451 e. The van der Waals surface area contributed by atoms with E-state index in [-0.39, 0.29) is 5.56 Å². The Morgan fingerprint density at radius 2 is 1.57 bits per heavy atom. The van der Waals surface area contributed by atoms with Crippen molar-refractivity contribution >= 4 is 17.1 Å². The molecular formula is C17H10F2O2. The van der Waals surface area contributed by atoms with Crippen LogP contribution in [0.3, 0.4) is 0 Å². The molecule has 0 N–H and O–H groups in total. The molecule has 0 saturated carbocycles. The third-order valence-corrected chi connectivity index (χ3v) is 3.12. The number of rotatable bonds is 3. The molecule has 3 aromatic rings. The fraction of sp³-hybridized carbons (Fsp3) is 0. The molecular weight excluding hydrogens is 274 g/mol. The van der Waals surface area contributed by atoms with Gasteiger partial charge < -0.3 is 4.74 Å². The third kappa shape index (κ3) is 2.48. The van der Waals surface area contributed by atoms with Crippen LogP contribution in [0.4, 0.5) is 8.78 Å². The summed E-state index contributed by atoms with van der Waals surface area (Å²) in [7, 11) is 0. The lowest BCUT2D eigenvalue weighted by Gasteiger charge is -2.10. The summed E-state index contributed by atoms with van der Waals surface area (Å²) in [5.41, 5.74) is -0.0738. The van der Waals surface area contributed by atoms with Gasteiger partial charge in [-0.05, 0) is 23.6 Å². The van der Waals surface area contributed by atoms with Crippen molar-refractivity contribution in [1.29, 1.82) is 0 Å². The van der Waals surface area contributed by atoms with Gasteiger partial charge in [-0.15, -0.1) is 0 Å². The van der Waals surface area contributed by atoms with Gasteiger partial charge in [0.25, 0.3) is 0 Å². The van der Waals surface area contributed by atoms with E-state index in [2.05, 4.69) is 0 Å². The van der Waals surface area contributed by atoms with Crippen LogP contribution in [0.2, 0.25) is 0 Å². The maximum absolute atomic E-state index is 13.9. The molecule has 0 fully saturated rings. The first-order valence-electron chi connectivity index (χ1n) is 6.29. The zero-order valence-corrected chi connectivity index (χ0v) is 10.8. The Morgan fingerprint density at radius 3 is 2.29 bits per heavy atom. The third-order valence-electron chi connectivity index (χ3n) is 3.12. The van der Waals surface area contributed by atoms with Gasteiger partial charge in [-0.3, -0.25) is 4.79 Å². The number of ether oxygens (including phenoxy) is 1. The molecule has 0 radical (unpaired) electrons. The van der Waals surface area contributed by atoms with Crippen molar-refractivity contribution in [3.63, 3.8) is 0 Å². The van der Waals surface area contributed by atoms with E-state index in [1.54, 1.807) is 18.2 Å². The molecule has 0 aliphatic rings. The fourth-order valence-electron chi connectivity index (χ4n) is 2.14. The second-order valence-corrected chi connectivity index (χ2v) is 4.51. The molecule has 21 heavy (non-hydrogen) atoms. The standard InChI is InChI=1S/C17H10F2O2/c18-14-8-11(10-20)9-15(19)17(14)21-16-7-3-5-12-4-1-2-6-13(12)16/h1-10H. The SMILES string of the molecule is O=Cc1cc(F)c(Oc2cccc3ccccc23)c(F)c1. The first-order chi connectivity index (χ1) is 10.2. The molecule has 0 heterocycles. The highest BCUT2D eigenvalue weighted by Gasteiger charge is 2.14. The van der Waals surface area contributed by atoms with Crippen LogP contribution in [0, 0.1) is 11.6 Å². The number of aldehydes is 1. The van der Waals surface area contributed by atoms with E-state index >= 15 is 0 Å². The fourth-order valence-corrected chi connectivity index (χ4v) is 2.14. The second kappa shape index (κ2) is 5.32. The molecule has 0 aliphatic heterocycles. The van der Waals surface area contributed by atoms with Crippen LogP contribution in [0.25, 0.3) is 10.8 Å². The molecule has 0 unspecified atom stereocenters. The van der Waals surface area contributed by atoms with Gasteiger partial charge in [0, 0.05) is 10.9 Å². The average Bonchev–Trinajstić information content (AvgIpc) is 2.50. The Balaban J connectivity index is 2.09. The van der Waals surface area contributed by atoms with Gasteiger partial charge in [0.05, 0.1) is 0 Å². The first-order valence-corrected chi connectivity index (χ1v) is 6.29. The Bertz CT molecular complexity index is 800. The summed E-state index contributed by atoms with van der Waals surface area (Å²) in [5, 5.41) is 1.65. The molecule has 0 bridgehead atoms. The Kier molecular flexibility index (Phi) is 3.36. The Labute approximate surface area is 119 Å². The summed E-state index contributed by atoms with van der Waals surface area (Å²) >= 11 is 0. The highest BCUT2D eigenvalue weighted by Crippen LogP contribution is 2.33. The van der Waals surface area contributed by atoms with Crippen LogP contribution >= 0.6 is 0 Å². The lowest BCUT2D eigenvalue weighted by atomic mass is 10.1. The molecule has 0 saturated heterocycles. The summed E-state index contributed by atoms with van der Waals surface area (Å²) in [5.74, 6) is -1.99. The molecule has 0 atom stereocenters. The molecule has 104 valence electrons. The van der Waals surface area contributed by atoms with E-state index in [0.717, 1.165) is 22.9 Å². The van der Waals surface area contributed by atoms with Crippen LogP contribution in [0.1, 0.15) is 10.4 Å². The smallest absolute Gasteiger partial charge is 0.198 e. The van der Waals surface area contributed by atoms with Gasteiger partial charge >= 0.3 is 0 Å². The summed E-state index contributed by atoms with van der Waals surface area (Å²) < 4.78 is 33.1. The van der Waals surface area contributed by atoms with E-state index in [9.17, 15) is 13.6 Å². The van der Waals surface area contributed by atoms with Gasteiger partial charge in [0.2, 0.25) is 0 Å². The normalized spacial score (nSPS) is 10.6. The van der Waals surface area contributed by atoms with Crippen molar-refractivity contribution in [2.45, 2.75) is 0 Å². The van der Waals surface area contributed by atoms with Gasteiger partial charge in [-0.2, -0.15) is 0 Å². The second-order valence-electron chi connectivity index (χ2n) is 4.51. The van der Waals surface area contributed by atoms with Crippen LogP contribution in [-0.4, -0.2) is 6.29 Å². The van der Waals surface area contributed by atoms with E-state index in [1.807, 2.05) is 24.3 Å². The predicted molar refractivity (Wildman–Crippen MR) is 75.8 cm³/mol. The molecule has 3 rings (SSSR count). The number of hydrogen-bond donors (Lipinski definition) is 0. The van der Waals surface area contributed by atoms with Crippen molar-refractivity contribution in [3.8, 4) is 11.5 Å². The van der Waals surface area contributed by atoms with Crippen molar-refractivity contribution in [2.75, 3.05) is 0 Å². The van der Waals surface area contributed by atoms with Crippen LogP contribution in [0.15, 0.2) is 54.6 Å². The minimum absolute atomic E-state index is 0.0738. The van der Waals surface area contributed by atoms with Crippen molar-refractivity contribution in [3.05, 3.63) is 71.8 Å². The number of halogens is 2. The van der Waals surface area contributed by atoms with Crippen LogP contribution < -0.4 is 4.74 Å². The monoisotopic (exact) mass is 284 g/mol. The molecule has 0 amide bonds. The highest BCUT2D eigenvalue weighted by atomic mass is 19.1. The number of carbonyl (C=O) groups excluding carboxylic acids is 1. The van der Waals surface area contributed by atoms with E-state index in [1.165, 1.54) is 0 Å². The van der Waals surface area contributed by atoms with Crippen molar-refractivity contribution in [2.24, 2.45) is 0 Å². The van der Waals surface area contributed by atoms with Gasteiger partial charge in [0.15, 0.2) is 17.4 Å². The van der Waals surface area contributed by atoms with Gasteiger partial charge in [-0.1, -0.05) is 36.4 Å². The molecule has 2 nitrogen and oxygen atoms in total. The summed E-state index contributed by atoms with van der Waals surface area (Å²) in [6, 6.07) is 14.5. The molecule has 0 aliphatic carbocycles. The van der Waals surface area contributed by atoms with Crippen molar-refractivity contribution in [1.82, 2.24) is 0 Å². The number of benzene rings is 3. The minimum Gasteiger partial charge on any atom is -0.451 e. The Hall–Kier alpha value is -2.75. The summed E-state index contributed by atoms with van der Waals surface area (Å²) in [6.07, 6.45) is 0.383. The van der Waals surface area contributed by atoms with E-state index in [0.29, 0.717) is 12.0 Å². The maximum Gasteiger partial charge on any atom is 0.198 e. The van der Waals surface area contributed by atoms with Gasteiger partial charge in [0.1, 0.15) is 12.0 Å².